The van der Waals surface area contributed by atoms with Crippen LogP contribution in [0.2, 0.25) is 0 Å². The van der Waals surface area contributed by atoms with Gasteiger partial charge in [-0.3, -0.25) is 4.72 Å². The molecule has 6 heteroatoms. The van der Waals surface area contributed by atoms with Crippen LogP contribution in [0.1, 0.15) is 33.1 Å². The Labute approximate surface area is 139 Å². The second-order valence-electron chi connectivity index (χ2n) is 6.83. The maximum Gasteiger partial charge on any atom is 0.232 e. The van der Waals surface area contributed by atoms with Crippen molar-refractivity contribution in [2.75, 3.05) is 28.5 Å². The Morgan fingerprint density at radius 3 is 2.48 bits per heavy atom. The van der Waals surface area contributed by atoms with E-state index < -0.39 is 10.0 Å². The van der Waals surface area contributed by atoms with Crippen LogP contribution in [0.3, 0.4) is 0 Å². The summed E-state index contributed by atoms with van der Waals surface area (Å²) in [6.07, 6.45) is 3.39. The van der Waals surface area contributed by atoms with Crippen molar-refractivity contribution in [2.45, 2.75) is 45.3 Å². The van der Waals surface area contributed by atoms with Gasteiger partial charge in [0.2, 0.25) is 10.0 Å². The molecule has 128 valence electrons. The number of nitrogens with zero attached hydrogens (tertiary/aromatic N) is 1. The van der Waals surface area contributed by atoms with E-state index in [9.17, 15) is 8.42 Å². The number of nitrogens with one attached hydrogen (secondary N) is 1. The summed E-state index contributed by atoms with van der Waals surface area (Å²) < 4.78 is 33.2. The van der Waals surface area contributed by atoms with E-state index in [1.54, 1.807) is 0 Å². The van der Waals surface area contributed by atoms with E-state index in [-0.39, 0.29) is 18.0 Å². The molecule has 1 N–H and O–H groups in total. The Hall–Kier alpha value is -1.27. The van der Waals surface area contributed by atoms with Crippen molar-refractivity contribution in [3.63, 3.8) is 0 Å². The third-order valence-corrected chi connectivity index (χ3v) is 5.73. The SMILES string of the molecule is C[C@H]1CN(c2ccccc2NS(=O)(=O)CCC2CC2)C[C@H](C)O1. The summed E-state index contributed by atoms with van der Waals surface area (Å²) in [7, 11) is -3.29. The Morgan fingerprint density at radius 1 is 1.17 bits per heavy atom. The molecule has 0 spiro atoms. The summed E-state index contributed by atoms with van der Waals surface area (Å²) in [6, 6.07) is 7.63. The first kappa shape index (κ1) is 16.6. The average molecular weight is 338 g/mol. The van der Waals surface area contributed by atoms with Crippen molar-refractivity contribution in [1.29, 1.82) is 0 Å². The summed E-state index contributed by atoms with van der Waals surface area (Å²) in [4.78, 5) is 2.21. The second kappa shape index (κ2) is 6.69. The van der Waals surface area contributed by atoms with Gasteiger partial charge in [0.05, 0.1) is 29.3 Å². The van der Waals surface area contributed by atoms with E-state index in [0.717, 1.165) is 25.2 Å². The van der Waals surface area contributed by atoms with Crippen molar-refractivity contribution >= 4 is 21.4 Å². The molecule has 0 aromatic heterocycles. The number of para-hydroxylation sites is 2. The second-order valence-corrected chi connectivity index (χ2v) is 8.67. The molecular weight excluding hydrogens is 312 g/mol. The van der Waals surface area contributed by atoms with Crippen LogP contribution in [0.5, 0.6) is 0 Å². The molecule has 3 rings (SSSR count). The highest BCUT2D eigenvalue weighted by Gasteiger charge is 2.26. The summed E-state index contributed by atoms with van der Waals surface area (Å²) in [5, 5.41) is 0. The maximum absolute atomic E-state index is 12.3. The van der Waals surface area contributed by atoms with Crippen LogP contribution in [0.4, 0.5) is 11.4 Å². The number of sulfonamides is 1. The third kappa shape index (κ3) is 4.61. The molecule has 1 aromatic carbocycles. The molecule has 1 saturated heterocycles. The molecule has 0 unspecified atom stereocenters. The van der Waals surface area contributed by atoms with E-state index in [4.69, 9.17) is 4.74 Å². The standard InChI is InChI=1S/C17H26N2O3S/c1-13-11-19(12-14(2)22-13)17-6-4-3-5-16(17)18-23(20,21)10-9-15-7-8-15/h3-6,13-15,18H,7-12H2,1-2H3/t13-,14-/m0/s1. The van der Waals surface area contributed by atoms with Gasteiger partial charge in [0.1, 0.15) is 0 Å². The van der Waals surface area contributed by atoms with Gasteiger partial charge in [0.25, 0.3) is 0 Å². The minimum Gasteiger partial charge on any atom is -0.372 e. The molecule has 2 fully saturated rings. The molecule has 1 saturated carbocycles. The van der Waals surface area contributed by atoms with Crippen molar-refractivity contribution in [3.05, 3.63) is 24.3 Å². The van der Waals surface area contributed by atoms with Crippen LogP contribution in [0, 0.1) is 5.92 Å². The van der Waals surface area contributed by atoms with Crippen molar-refractivity contribution in [1.82, 2.24) is 0 Å². The minimum absolute atomic E-state index is 0.137. The average Bonchev–Trinajstić information content (AvgIpc) is 3.28. The van der Waals surface area contributed by atoms with Gasteiger partial charge in [-0.05, 0) is 38.3 Å². The molecule has 2 aliphatic rings. The summed E-state index contributed by atoms with van der Waals surface area (Å²) in [6.45, 7) is 5.63. The predicted molar refractivity (Wildman–Crippen MR) is 93.4 cm³/mol. The summed E-state index contributed by atoms with van der Waals surface area (Å²) in [5.41, 5.74) is 1.61. The van der Waals surface area contributed by atoms with Crippen LogP contribution in [0.15, 0.2) is 24.3 Å². The van der Waals surface area contributed by atoms with Gasteiger partial charge in [-0.25, -0.2) is 8.42 Å². The van der Waals surface area contributed by atoms with Gasteiger partial charge < -0.3 is 9.64 Å². The normalized spacial score (nSPS) is 25.4. The minimum atomic E-state index is -3.29. The fourth-order valence-corrected chi connectivity index (χ4v) is 4.41. The molecule has 1 aromatic rings. The van der Waals surface area contributed by atoms with Crippen LogP contribution in [-0.2, 0) is 14.8 Å². The zero-order valence-corrected chi connectivity index (χ0v) is 14.7. The lowest BCUT2D eigenvalue weighted by molar-refractivity contribution is -0.00517. The fraction of sp³-hybridized carbons (Fsp3) is 0.647. The monoisotopic (exact) mass is 338 g/mol. The number of morpholine rings is 1. The quantitative estimate of drug-likeness (QED) is 0.866. The van der Waals surface area contributed by atoms with Gasteiger partial charge in [-0.15, -0.1) is 0 Å². The van der Waals surface area contributed by atoms with Crippen LogP contribution >= 0.6 is 0 Å². The molecule has 1 heterocycles. The number of hydrogen-bond acceptors (Lipinski definition) is 4. The lowest BCUT2D eigenvalue weighted by Gasteiger charge is -2.37. The zero-order valence-electron chi connectivity index (χ0n) is 13.9. The maximum atomic E-state index is 12.3. The van der Waals surface area contributed by atoms with E-state index in [1.807, 2.05) is 38.1 Å². The molecule has 0 amide bonds. The van der Waals surface area contributed by atoms with Crippen molar-refractivity contribution < 1.29 is 13.2 Å². The highest BCUT2D eigenvalue weighted by molar-refractivity contribution is 7.92. The predicted octanol–water partition coefficient (Wildman–Crippen LogP) is 2.84. The Bertz CT molecular complexity index is 633. The highest BCUT2D eigenvalue weighted by Crippen LogP contribution is 2.33. The lowest BCUT2D eigenvalue weighted by atomic mass is 10.2. The van der Waals surface area contributed by atoms with Crippen molar-refractivity contribution in [2.24, 2.45) is 5.92 Å². The molecule has 1 aliphatic heterocycles. The van der Waals surface area contributed by atoms with Crippen molar-refractivity contribution in [3.8, 4) is 0 Å². The highest BCUT2D eigenvalue weighted by atomic mass is 32.2. The first-order valence-electron chi connectivity index (χ1n) is 8.43. The molecule has 0 bridgehead atoms. The van der Waals surface area contributed by atoms with Gasteiger partial charge >= 0.3 is 0 Å². The summed E-state index contributed by atoms with van der Waals surface area (Å²) >= 11 is 0. The Kier molecular flexibility index (Phi) is 4.82. The van der Waals surface area contributed by atoms with E-state index in [2.05, 4.69) is 9.62 Å². The molecular formula is C17H26N2O3S. The summed E-state index contributed by atoms with van der Waals surface area (Å²) in [5.74, 6) is 0.824. The smallest absolute Gasteiger partial charge is 0.232 e. The van der Waals surface area contributed by atoms with E-state index >= 15 is 0 Å². The molecule has 2 atom stereocenters. The topological polar surface area (TPSA) is 58.6 Å². The van der Waals surface area contributed by atoms with Crippen LogP contribution in [0.25, 0.3) is 0 Å². The molecule has 23 heavy (non-hydrogen) atoms. The third-order valence-electron chi connectivity index (χ3n) is 4.42. The molecule has 0 radical (unpaired) electrons. The number of benzene rings is 1. The molecule has 5 nitrogen and oxygen atoms in total. The van der Waals surface area contributed by atoms with Crippen LogP contribution in [-0.4, -0.2) is 39.5 Å². The largest absolute Gasteiger partial charge is 0.372 e. The number of hydrogen-bond donors (Lipinski definition) is 1. The number of anilines is 2. The first-order valence-corrected chi connectivity index (χ1v) is 10.1. The van der Waals surface area contributed by atoms with Crippen LogP contribution < -0.4 is 9.62 Å². The first-order chi connectivity index (χ1) is 10.9. The zero-order chi connectivity index (χ0) is 16.4. The van der Waals surface area contributed by atoms with Gasteiger partial charge in [0, 0.05) is 13.1 Å². The number of rotatable bonds is 6. The molecule has 1 aliphatic carbocycles. The van der Waals surface area contributed by atoms with Gasteiger partial charge in [0.15, 0.2) is 0 Å². The van der Waals surface area contributed by atoms with Gasteiger partial charge in [-0.1, -0.05) is 25.0 Å². The lowest BCUT2D eigenvalue weighted by Crippen LogP contribution is -2.45. The Morgan fingerprint density at radius 2 is 1.83 bits per heavy atom. The van der Waals surface area contributed by atoms with E-state index in [0.29, 0.717) is 11.6 Å². The number of ether oxygens (including phenoxy) is 1. The van der Waals surface area contributed by atoms with E-state index in [1.165, 1.54) is 12.8 Å². The fourth-order valence-electron chi connectivity index (χ4n) is 3.16. The Balaban J connectivity index is 1.74. The van der Waals surface area contributed by atoms with Gasteiger partial charge in [-0.2, -0.15) is 0 Å².